The van der Waals surface area contributed by atoms with Crippen LogP contribution in [0.3, 0.4) is 0 Å². The van der Waals surface area contributed by atoms with Gasteiger partial charge in [-0.3, -0.25) is 4.79 Å². The molecular weight excluding hydrogens is 409 g/mol. The van der Waals surface area contributed by atoms with E-state index in [1.54, 1.807) is 6.92 Å². The number of hydrogen-bond acceptors (Lipinski definition) is 5. The molecule has 166 valence electrons. The van der Waals surface area contributed by atoms with E-state index in [9.17, 15) is 23.1 Å². The van der Waals surface area contributed by atoms with Crippen LogP contribution in [0.15, 0.2) is 30.5 Å². The first kappa shape index (κ1) is 21.5. The number of halogens is 3. The van der Waals surface area contributed by atoms with Crippen LogP contribution in [-0.2, 0) is 6.18 Å². The number of carbonyl (C=O) groups excluding carboxylic acids is 1. The Labute approximate surface area is 178 Å². The van der Waals surface area contributed by atoms with Gasteiger partial charge in [-0.25, -0.2) is 9.97 Å². The van der Waals surface area contributed by atoms with Crippen molar-refractivity contribution >= 4 is 11.7 Å². The maximum atomic E-state index is 12.9. The van der Waals surface area contributed by atoms with Crippen LogP contribution in [-0.4, -0.2) is 39.7 Å². The smallest absolute Gasteiger partial charge is 0.388 e. The van der Waals surface area contributed by atoms with Crippen LogP contribution in [0.5, 0.6) is 0 Å². The van der Waals surface area contributed by atoms with E-state index in [1.807, 2.05) is 0 Å². The van der Waals surface area contributed by atoms with Gasteiger partial charge in [0, 0.05) is 18.7 Å². The molecule has 31 heavy (non-hydrogen) atoms. The lowest BCUT2D eigenvalue weighted by Crippen LogP contribution is -2.42. The quantitative estimate of drug-likeness (QED) is 0.587. The number of anilines is 1. The van der Waals surface area contributed by atoms with Gasteiger partial charge in [0.25, 0.3) is 5.91 Å². The second kappa shape index (κ2) is 8.11. The molecule has 0 bridgehead atoms. The standard InChI is InChI=1S/C22H25F3N4O2/c1-21(31,15-8-9-15)12-28-20(30)17-11-27-19(26-10-13-2-3-13)18(29-17)14-4-6-16(7-5-14)22(23,24)25/h4-7,11,13,15,31H,2-3,8-10,12H2,1H3,(H,26,27)(H,28,30)/t21-/m0/s1. The molecule has 2 saturated carbocycles. The van der Waals surface area contributed by atoms with Crippen LogP contribution in [0.4, 0.5) is 19.0 Å². The third kappa shape index (κ3) is 5.33. The minimum absolute atomic E-state index is 0.0402. The molecular formula is C22H25F3N4O2. The molecule has 2 fully saturated rings. The first-order chi connectivity index (χ1) is 14.6. The maximum Gasteiger partial charge on any atom is 0.416 e. The highest BCUT2D eigenvalue weighted by atomic mass is 19.4. The molecule has 2 aliphatic rings. The summed E-state index contributed by atoms with van der Waals surface area (Å²) in [5.74, 6) is 0.661. The van der Waals surface area contributed by atoms with Crippen molar-refractivity contribution in [2.75, 3.05) is 18.4 Å². The molecule has 0 saturated heterocycles. The summed E-state index contributed by atoms with van der Waals surface area (Å²) < 4.78 is 38.7. The molecule has 1 heterocycles. The Morgan fingerprint density at radius 1 is 1.16 bits per heavy atom. The van der Waals surface area contributed by atoms with Crippen molar-refractivity contribution < 1.29 is 23.1 Å². The van der Waals surface area contributed by atoms with Crippen molar-refractivity contribution in [2.24, 2.45) is 11.8 Å². The minimum atomic E-state index is -4.43. The van der Waals surface area contributed by atoms with Crippen molar-refractivity contribution in [1.29, 1.82) is 0 Å². The maximum absolute atomic E-state index is 12.9. The summed E-state index contributed by atoms with van der Waals surface area (Å²) in [4.78, 5) is 21.3. The molecule has 6 nitrogen and oxygen atoms in total. The molecule has 1 aromatic heterocycles. The lowest BCUT2D eigenvalue weighted by molar-refractivity contribution is -0.137. The summed E-state index contributed by atoms with van der Waals surface area (Å²) in [5.41, 5.74) is -0.953. The number of aliphatic hydroxyl groups is 1. The average Bonchev–Trinajstić information content (AvgIpc) is 3.63. The van der Waals surface area contributed by atoms with Gasteiger partial charge in [-0.2, -0.15) is 13.2 Å². The van der Waals surface area contributed by atoms with E-state index >= 15 is 0 Å². The lowest BCUT2D eigenvalue weighted by Gasteiger charge is -2.23. The van der Waals surface area contributed by atoms with Gasteiger partial charge in [-0.1, -0.05) is 12.1 Å². The number of benzene rings is 1. The fourth-order valence-corrected chi connectivity index (χ4v) is 3.41. The van der Waals surface area contributed by atoms with Crippen LogP contribution in [0.25, 0.3) is 11.3 Å². The van der Waals surface area contributed by atoms with Gasteiger partial charge in [-0.15, -0.1) is 0 Å². The summed E-state index contributed by atoms with van der Waals surface area (Å²) in [6.07, 6.45) is 1.01. The van der Waals surface area contributed by atoms with E-state index in [1.165, 1.54) is 18.3 Å². The van der Waals surface area contributed by atoms with E-state index in [-0.39, 0.29) is 18.2 Å². The van der Waals surface area contributed by atoms with Crippen molar-refractivity contribution in [3.05, 3.63) is 41.7 Å². The monoisotopic (exact) mass is 434 g/mol. The summed E-state index contributed by atoms with van der Waals surface area (Å²) in [7, 11) is 0. The Bertz CT molecular complexity index is 952. The van der Waals surface area contributed by atoms with Crippen LogP contribution in [0.1, 0.15) is 48.7 Å². The number of amides is 1. The molecule has 1 aromatic carbocycles. The number of aromatic nitrogens is 2. The third-order valence-electron chi connectivity index (χ3n) is 5.81. The summed E-state index contributed by atoms with van der Waals surface area (Å²) in [5, 5.41) is 16.3. The molecule has 4 rings (SSSR count). The number of carbonyl (C=O) groups is 1. The summed E-state index contributed by atoms with van der Waals surface area (Å²) in [6, 6.07) is 4.63. The fraction of sp³-hybridized carbons (Fsp3) is 0.500. The second-order valence-electron chi connectivity index (χ2n) is 8.67. The van der Waals surface area contributed by atoms with E-state index in [0.29, 0.717) is 29.5 Å². The number of nitrogens with one attached hydrogen (secondary N) is 2. The molecule has 0 radical (unpaired) electrons. The average molecular weight is 434 g/mol. The fourth-order valence-electron chi connectivity index (χ4n) is 3.41. The van der Waals surface area contributed by atoms with Gasteiger partial charge in [0.15, 0.2) is 5.82 Å². The van der Waals surface area contributed by atoms with Crippen LogP contribution in [0, 0.1) is 11.8 Å². The molecule has 0 spiro atoms. The highest BCUT2D eigenvalue weighted by Crippen LogP contribution is 2.39. The Kier molecular flexibility index (Phi) is 5.63. The Balaban J connectivity index is 1.56. The number of nitrogens with zero attached hydrogens (tertiary/aromatic N) is 2. The number of alkyl halides is 3. The number of rotatable bonds is 8. The molecule has 1 atom stereocenters. The van der Waals surface area contributed by atoms with Crippen LogP contribution in [0.2, 0.25) is 0 Å². The molecule has 2 aliphatic carbocycles. The first-order valence-corrected chi connectivity index (χ1v) is 10.4. The lowest BCUT2D eigenvalue weighted by atomic mass is 10.0. The van der Waals surface area contributed by atoms with Crippen LogP contribution < -0.4 is 10.6 Å². The minimum Gasteiger partial charge on any atom is -0.388 e. The topological polar surface area (TPSA) is 87.1 Å². The first-order valence-electron chi connectivity index (χ1n) is 10.4. The van der Waals surface area contributed by atoms with E-state index in [2.05, 4.69) is 20.6 Å². The molecule has 2 aromatic rings. The molecule has 0 aliphatic heterocycles. The largest absolute Gasteiger partial charge is 0.416 e. The molecule has 0 unspecified atom stereocenters. The zero-order valence-electron chi connectivity index (χ0n) is 17.2. The number of hydrogen-bond donors (Lipinski definition) is 3. The van der Waals surface area contributed by atoms with Gasteiger partial charge in [0.2, 0.25) is 0 Å². The predicted molar refractivity (Wildman–Crippen MR) is 109 cm³/mol. The zero-order chi connectivity index (χ0) is 22.2. The highest BCUT2D eigenvalue weighted by Gasteiger charge is 2.40. The van der Waals surface area contributed by atoms with Gasteiger partial charge >= 0.3 is 6.18 Å². The van der Waals surface area contributed by atoms with Crippen molar-refractivity contribution in [3.63, 3.8) is 0 Å². The Morgan fingerprint density at radius 2 is 1.84 bits per heavy atom. The Morgan fingerprint density at radius 3 is 2.42 bits per heavy atom. The van der Waals surface area contributed by atoms with Gasteiger partial charge in [0.05, 0.1) is 17.4 Å². The summed E-state index contributed by atoms with van der Waals surface area (Å²) in [6.45, 7) is 2.47. The molecule has 9 heteroatoms. The van der Waals surface area contributed by atoms with Crippen LogP contribution >= 0.6 is 0 Å². The molecule has 1 amide bonds. The molecule has 3 N–H and O–H groups in total. The predicted octanol–water partition coefficient (Wildman–Crippen LogP) is 3.88. The van der Waals surface area contributed by atoms with Crippen molar-refractivity contribution in [3.8, 4) is 11.3 Å². The summed E-state index contributed by atoms with van der Waals surface area (Å²) >= 11 is 0. The second-order valence-corrected chi connectivity index (χ2v) is 8.67. The Hall–Kier alpha value is -2.68. The van der Waals surface area contributed by atoms with Crippen molar-refractivity contribution in [1.82, 2.24) is 15.3 Å². The normalized spacial score (nSPS) is 18.4. The van der Waals surface area contributed by atoms with Gasteiger partial charge in [0.1, 0.15) is 11.4 Å². The highest BCUT2D eigenvalue weighted by molar-refractivity contribution is 5.93. The van der Waals surface area contributed by atoms with E-state index in [0.717, 1.165) is 37.8 Å². The third-order valence-corrected chi connectivity index (χ3v) is 5.81. The van der Waals surface area contributed by atoms with Gasteiger partial charge < -0.3 is 15.7 Å². The van der Waals surface area contributed by atoms with E-state index in [4.69, 9.17) is 0 Å². The SMILES string of the molecule is C[C@](O)(CNC(=O)c1cnc(NCC2CC2)c(-c2ccc(C(F)(F)F)cc2)n1)C1CC1. The van der Waals surface area contributed by atoms with Gasteiger partial charge in [-0.05, 0) is 56.6 Å². The van der Waals surface area contributed by atoms with Crippen molar-refractivity contribution in [2.45, 2.75) is 44.4 Å². The zero-order valence-corrected chi connectivity index (χ0v) is 17.2. The van der Waals surface area contributed by atoms with E-state index < -0.39 is 23.2 Å².